The van der Waals surface area contributed by atoms with Gasteiger partial charge in [-0.3, -0.25) is 9.82 Å². The van der Waals surface area contributed by atoms with Gasteiger partial charge in [-0.2, -0.15) is 5.10 Å². The summed E-state index contributed by atoms with van der Waals surface area (Å²) in [6, 6.07) is 7.12. The van der Waals surface area contributed by atoms with Gasteiger partial charge in [0.2, 0.25) is 0 Å². The predicted octanol–water partition coefficient (Wildman–Crippen LogP) is 3.38. The summed E-state index contributed by atoms with van der Waals surface area (Å²) in [4.78, 5) is 0.0598. The maximum Gasteiger partial charge on any atom is 0.261 e. The van der Waals surface area contributed by atoms with Crippen LogP contribution in [0.4, 0.5) is 5.69 Å². The van der Waals surface area contributed by atoms with E-state index in [-0.39, 0.29) is 26.4 Å². The molecule has 6 nitrogen and oxygen atoms in total. The van der Waals surface area contributed by atoms with E-state index in [1.54, 1.807) is 12.3 Å². The third-order valence-electron chi connectivity index (χ3n) is 2.99. The molecule has 2 aromatic carbocycles. The molecule has 0 saturated heterocycles. The van der Waals surface area contributed by atoms with E-state index >= 15 is 0 Å². The smallest absolute Gasteiger partial charge is 0.261 e. The molecule has 0 amide bonds. The summed E-state index contributed by atoms with van der Waals surface area (Å²) >= 11 is 11.5. The third-order valence-corrected chi connectivity index (χ3v) is 4.95. The fourth-order valence-electron chi connectivity index (χ4n) is 1.92. The van der Waals surface area contributed by atoms with E-state index in [4.69, 9.17) is 23.2 Å². The van der Waals surface area contributed by atoms with Gasteiger partial charge in [-0.05, 0) is 30.3 Å². The lowest BCUT2D eigenvalue weighted by molar-refractivity contribution is 0.476. The topological polar surface area (TPSA) is 95.1 Å². The Labute approximate surface area is 135 Å². The van der Waals surface area contributed by atoms with Gasteiger partial charge >= 0.3 is 0 Å². The number of phenols is 1. The van der Waals surface area contributed by atoms with E-state index in [0.29, 0.717) is 5.52 Å². The van der Waals surface area contributed by atoms with Crippen molar-refractivity contribution < 1.29 is 13.5 Å². The zero-order valence-electron chi connectivity index (χ0n) is 10.8. The van der Waals surface area contributed by atoms with Gasteiger partial charge in [0.25, 0.3) is 10.0 Å². The average molecular weight is 358 g/mol. The number of anilines is 1. The number of H-pyrrole nitrogens is 1. The molecule has 0 atom stereocenters. The van der Waals surface area contributed by atoms with Gasteiger partial charge in [-0.15, -0.1) is 0 Å². The Morgan fingerprint density at radius 3 is 2.50 bits per heavy atom. The molecule has 22 heavy (non-hydrogen) atoms. The van der Waals surface area contributed by atoms with Gasteiger partial charge < -0.3 is 5.11 Å². The second kappa shape index (κ2) is 5.35. The lowest BCUT2D eigenvalue weighted by atomic mass is 10.3. The van der Waals surface area contributed by atoms with Gasteiger partial charge in [0.05, 0.1) is 32.3 Å². The minimum Gasteiger partial charge on any atom is -0.505 e. The number of rotatable bonds is 3. The van der Waals surface area contributed by atoms with Crippen LogP contribution in [0.25, 0.3) is 10.9 Å². The van der Waals surface area contributed by atoms with Gasteiger partial charge in [-0.1, -0.05) is 23.2 Å². The van der Waals surface area contributed by atoms with Crippen molar-refractivity contribution in [1.29, 1.82) is 0 Å². The van der Waals surface area contributed by atoms with Gasteiger partial charge in [0.15, 0.2) is 5.75 Å². The van der Waals surface area contributed by atoms with Crippen LogP contribution in [0.2, 0.25) is 10.0 Å². The highest BCUT2D eigenvalue weighted by molar-refractivity contribution is 7.92. The number of hydrogen-bond acceptors (Lipinski definition) is 4. The summed E-state index contributed by atoms with van der Waals surface area (Å²) in [7, 11) is -3.83. The predicted molar refractivity (Wildman–Crippen MR) is 85.0 cm³/mol. The number of nitrogens with one attached hydrogen (secondary N) is 2. The lowest BCUT2D eigenvalue weighted by Crippen LogP contribution is -2.12. The Bertz CT molecular complexity index is 947. The molecule has 1 heterocycles. The minimum atomic E-state index is -3.83. The Hall–Kier alpha value is -1.96. The Morgan fingerprint density at radius 2 is 1.82 bits per heavy atom. The molecule has 3 N–H and O–H groups in total. The summed E-state index contributed by atoms with van der Waals surface area (Å²) in [6.45, 7) is 0. The molecule has 114 valence electrons. The van der Waals surface area contributed by atoms with Gasteiger partial charge in [-0.25, -0.2) is 8.42 Å². The third kappa shape index (κ3) is 2.70. The summed E-state index contributed by atoms with van der Waals surface area (Å²) in [5.74, 6) is -0.301. The van der Waals surface area contributed by atoms with Crippen molar-refractivity contribution in [3.8, 4) is 5.75 Å². The van der Waals surface area contributed by atoms with Crippen molar-refractivity contribution in [2.24, 2.45) is 0 Å². The Morgan fingerprint density at radius 1 is 1.14 bits per heavy atom. The van der Waals surface area contributed by atoms with E-state index in [2.05, 4.69) is 14.9 Å². The van der Waals surface area contributed by atoms with Crippen LogP contribution in [0.1, 0.15) is 0 Å². The summed E-state index contributed by atoms with van der Waals surface area (Å²) < 4.78 is 27.1. The van der Waals surface area contributed by atoms with Crippen molar-refractivity contribution in [2.45, 2.75) is 4.90 Å². The molecule has 0 radical (unpaired) electrons. The van der Waals surface area contributed by atoms with Crippen LogP contribution < -0.4 is 4.72 Å². The molecule has 0 bridgehead atoms. The van der Waals surface area contributed by atoms with Crippen LogP contribution in [0.3, 0.4) is 0 Å². The van der Waals surface area contributed by atoms with Gasteiger partial charge in [0, 0.05) is 5.39 Å². The second-order valence-electron chi connectivity index (χ2n) is 4.51. The van der Waals surface area contributed by atoms with E-state index in [0.717, 1.165) is 5.39 Å². The SMILES string of the molecule is O=S(=O)(Nc1cc(Cl)c(O)c(Cl)c1)c1ccc2cn[nH]c2c1. The van der Waals surface area contributed by atoms with Crippen molar-refractivity contribution in [1.82, 2.24) is 10.2 Å². The largest absolute Gasteiger partial charge is 0.505 e. The molecule has 9 heteroatoms. The number of fused-ring (bicyclic) bond motifs is 1. The molecule has 3 aromatic rings. The number of aromatic amines is 1. The maximum atomic E-state index is 12.4. The number of halogens is 2. The molecular formula is C13H9Cl2N3O3S. The molecule has 0 saturated carbocycles. The summed E-state index contributed by atoms with van der Waals surface area (Å²) in [5.41, 5.74) is 0.752. The van der Waals surface area contributed by atoms with Crippen LogP contribution in [-0.2, 0) is 10.0 Å². The average Bonchev–Trinajstić information content (AvgIpc) is 2.91. The molecule has 0 aliphatic rings. The first-order valence-electron chi connectivity index (χ1n) is 6.01. The lowest BCUT2D eigenvalue weighted by Gasteiger charge is -2.10. The first-order chi connectivity index (χ1) is 10.4. The van der Waals surface area contributed by atoms with Crippen molar-refractivity contribution in [2.75, 3.05) is 4.72 Å². The van der Waals surface area contributed by atoms with Crippen molar-refractivity contribution >= 4 is 49.8 Å². The maximum absolute atomic E-state index is 12.4. The van der Waals surface area contributed by atoms with Crippen LogP contribution >= 0.6 is 23.2 Å². The number of phenolic OH excluding ortho intramolecular Hbond substituents is 1. The standard InChI is InChI=1S/C13H9Cl2N3O3S/c14-10-3-8(4-11(15)13(10)19)18-22(20,21)9-2-1-7-6-16-17-12(7)5-9/h1-6,18-19H,(H,16,17). The van der Waals surface area contributed by atoms with E-state index in [1.807, 2.05) is 0 Å². The molecule has 0 spiro atoms. The molecule has 1 aromatic heterocycles. The van der Waals surface area contributed by atoms with E-state index < -0.39 is 10.0 Å². The van der Waals surface area contributed by atoms with E-state index in [1.165, 1.54) is 24.3 Å². The van der Waals surface area contributed by atoms with Crippen molar-refractivity contribution in [3.63, 3.8) is 0 Å². The van der Waals surface area contributed by atoms with Crippen LogP contribution in [0.15, 0.2) is 41.4 Å². The molecule has 0 aliphatic carbocycles. The highest BCUT2D eigenvalue weighted by atomic mass is 35.5. The number of nitrogens with zero attached hydrogens (tertiary/aromatic N) is 1. The Kier molecular flexibility index (Phi) is 3.64. The first-order valence-corrected chi connectivity index (χ1v) is 8.25. The zero-order valence-corrected chi connectivity index (χ0v) is 13.2. The normalized spacial score (nSPS) is 11.7. The quantitative estimate of drug-likeness (QED) is 0.626. The monoisotopic (exact) mass is 357 g/mol. The summed E-state index contributed by atoms with van der Waals surface area (Å²) in [6.07, 6.45) is 1.60. The Balaban J connectivity index is 1.99. The highest BCUT2D eigenvalue weighted by Crippen LogP contribution is 2.35. The molecule has 3 rings (SSSR count). The molecule has 0 fully saturated rings. The fourth-order valence-corrected chi connectivity index (χ4v) is 3.48. The number of sulfonamides is 1. The van der Waals surface area contributed by atoms with Crippen LogP contribution in [0.5, 0.6) is 5.75 Å². The number of aromatic hydroxyl groups is 1. The van der Waals surface area contributed by atoms with Crippen molar-refractivity contribution in [3.05, 3.63) is 46.6 Å². The molecule has 0 unspecified atom stereocenters. The highest BCUT2D eigenvalue weighted by Gasteiger charge is 2.17. The first kappa shape index (κ1) is 15.0. The number of aromatic nitrogens is 2. The molecular weight excluding hydrogens is 349 g/mol. The van der Waals surface area contributed by atoms with Gasteiger partial charge in [0.1, 0.15) is 0 Å². The van der Waals surface area contributed by atoms with Crippen LogP contribution in [0, 0.1) is 0 Å². The minimum absolute atomic E-state index is 0.0470. The fraction of sp³-hybridized carbons (Fsp3) is 0. The zero-order chi connectivity index (χ0) is 15.9. The number of benzene rings is 2. The van der Waals surface area contributed by atoms with Crippen LogP contribution in [-0.4, -0.2) is 23.7 Å². The molecule has 0 aliphatic heterocycles. The number of hydrogen-bond donors (Lipinski definition) is 3. The summed E-state index contributed by atoms with van der Waals surface area (Å²) in [5, 5.41) is 16.7. The van der Waals surface area contributed by atoms with E-state index in [9.17, 15) is 13.5 Å². The second-order valence-corrected chi connectivity index (χ2v) is 7.01.